The van der Waals surface area contributed by atoms with Crippen molar-refractivity contribution in [1.29, 1.82) is 0 Å². The highest BCUT2D eigenvalue weighted by Crippen LogP contribution is 2.21. The van der Waals surface area contributed by atoms with Gasteiger partial charge in [0.1, 0.15) is 18.0 Å². The molecule has 0 aliphatic rings. The van der Waals surface area contributed by atoms with Gasteiger partial charge in [0, 0.05) is 17.3 Å². The van der Waals surface area contributed by atoms with Crippen molar-refractivity contribution in [3.8, 4) is 5.75 Å². The van der Waals surface area contributed by atoms with Crippen molar-refractivity contribution in [3.63, 3.8) is 0 Å². The molecular weight excluding hydrogens is 368 g/mol. The molecule has 2 heterocycles. The molecule has 0 bridgehead atoms. The van der Waals surface area contributed by atoms with Crippen molar-refractivity contribution < 1.29 is 14.6 Å². The first-order chi connectivity index (χ1) is 14.0. The molecule has 0 spiro atoms. The van der Waals surface area contributed by atoms with Crippen molar-refractivity contribution in [2.24, 2.45) is 0 Å². The summed E-state index contributed by atoms with van der Waals surface area (Å²) in [5.41, 5.74) is 2.17. The fourth-order valence-electron chi connectivity index (χ4n) is 3.01. The van der Waals surface area contributed by atoms with E-state index in [0.717, 1.165) is 12.0 Å². The molecule has 0 atom stereocenters. The van der Waals surface area contributed by atoms with Gasteiger partial charge in [0.05, 0.1) is 11.3 Å². The lowest BCUT2D eigenvalue weighted by atomic mass is 10.1. The van der Waals surface area contributed by atoms with E-state index in [4.69, 9.17) is 4.74 Å². The summed E-state index contributed by atoms with van der Waals surface area (Å²) < 4.78 is 6.97. The third-order valence-electron chi connectivity index (χ3n) is 4.39. The number of aromatic nitrogens is 2. The molecule has 0 saturated carbocycles. The van der Waals surface area contributed by atoms with Crippen LogP contribution in [0, 0.1) is 0 Å². The van der Waals surface area contributed by atoms with Crippen LogP contribution in [0.3, 0.4) is 0 Å². The lowest BCUT2D eigenvalue weighted by Crippen LogP contribution is -2.22. The lowest BCUT2D eigenvalue weighted by Gasteiger charge is -2.09. The first kappa shape index (κ1) is 20.1. The second kappa shape index (κ2) is 9.01. The van der Waals surface area contributed by atoms with Crippen LogP contribution in [-0.4, -0.2) is 27.1 Å². The summed E-state index contributed by atoms with van der Waals surface area (Å²) in [6.45, 7) is 6.04. The Morgan fingerprint density at radius 2 is 2.03 bits per heavy atom. The molecule has 0 unspecified atom stereocenters. The quantitative estimate of drug-likeness (QED) is 0.586. The van der Waals surface area contributed by atoms with Crippen molar-refractivity contribution in [2.75, 3.05) is 6.61 Å². The van der Waals surface area contributed by atoms with Gasteiger partial charge in [-0.25, -0.2) is 9.78 Å². The summed E-state index contributed by atoms with van der Waals surface area (Å²) in [5, 5.41) is 9.20. The van der Waals surface area contributed by atoms with Gasteiger partial charge >= 0.3 is 5.97 Å². The summed E-state index contributed by atoms with van der Waals surface area (Å²) in [5.74, 6) is -0.375. The van der Waals surface area contributed by atoms with Crippen LogP contribution in [0.5, 0.6) is 5.75 Å². The van der Waals surface area contributed by atoms with Crippen LogP contribution in [0.4, 0.5) is 0 Å². The van der Waals surface area contributed by atoms with E-state index in [1.165, 1.54) is 16.7 Å². The molecule has 2 aromatic heterocycles. The highest BCUT2D eigenvalue weighted by molar-refractivity contribution is 5.87. The molecule has 0 aliphatic carbocycles. The van der Waals surface area contributed by atoms with E-state index in [-0.39, 0.29) is 11.1 Å². The Hall–Kier alpha value is -3.67. The summed E-state index contributed by atoms with van der Waals surface area (Å²) >= 11 is 0. The van der Waals surface area contributed by atoms with Gasteiger partial charge < -0.3 is 9.84 Å². The molecule has 29 heavy (non-hydrogen) atoms. The van der Waals surface area contributed by atoms with Gasteiger partial charge in [-0.2, -0.15) is 0 Å². The number of ether oxygens (including phenoxy) is 1. The van der Waals surface area contributed by atoms with Crippen LogP contribution in [0.15, 0.2) is 60.0 Å². The zero-order valence-electron chi connectivity index (χ0n) is 16.2. The monoisotopic (exact) mass is 390 g/mol. The molecule has 148 valence electrons. The summed E-state index contributed by atoms with van der Waals surface area (Å²) in [6, 6.07) is 10.6. The SMILES string of the molecule is C=CCOc1ccccc1C=Cc1nc2ccc(C(=O)O)cn2c(=O)c1CCC. The zero-order chi connectivity index (χ0) is 20.8. The van der Waals surface area contributed by atoms with Gasteiger partial charge in [-0.05, 0) is 36.8 Å². The first-order valence-corrected chi connectivity index (χ1v) is 9.34. The number of pyridine rings is 1. The first-order valence-electron chi connectivity index (χ1n) is 9.34. The number of aromatic carboxylic acids is 1. The van der Waals surface area contributed by atoms with Crippen LogP contribution >= 0.6 is 0 Å². The Morgan fingerprint density at radius 1 is 1.24 bits per heavy atom. The Kier molecular flexibility index (Phi) is 6.24. The number of benzene rings is 1. The summed E-state index contributed by atoms with van der Waals surface area (Å²) in [4.78, 5) is 28.8. The van der Waals surface area contributed by atoms with Gasteiger partial charge in [0.25, 0.3) is 5.56 Å². The van der Waals surface area contributed by atoms with E-state index in [9.17, 15) is 14.7 Å². The maximum absolute atomic E-state index is 13.0. The lowest BCUT2D eigenvalue weighted by molar-refractivity contribution is 0.0696. The molecule has 0 amide bonds. The third kappa shape index (κ3) is 4.43. The normalized spacial score (nSPS) is 11.1. The zero-order valence-corrected chi connectivity index (χ0v) is 16.2. The second-order valence-electron chi connectivity index (χ2n) is 6.45. The Balaban J connectivity index is 2.09. The Morgan fingerprint density at radius 3 is 2.76 bits per heavy atom. The van der Waals surface area contributed by atoms with Crippen molar-refractivity contribution in [2.45, 2.75) is 19.8 Å². The van der Waals surface area contributed by atoms with Crippen molar-refractivity contribution in [1.82, 2.24) is 9.38 Å². The highest BCUT2D eigenvalue weighted by Gasteiger charge is 2.12. The molecule has 6 heteroatoms. The maximum atomic E-state index is 13.0. The molecule has 0 fully saturated rings. The van der Waals surface area contributed by atoms with Crippen LogP contribution in [-0.2, 0) is 6.42 Å². The number of fused-ring (bicyclic) bond motifs is 1. The molecule has 0 saturated heterocycles. The molecule has 0 radical (unpaired) electrons. The molecule has 1 N–H and O–H groups in total. The molecule has 0 aliphatic heterocycles. The van der Waals surface area contributed by atoms with E-state index in [1.54, 1.807) is 18.2 Å². The van der Waals surface area contributed by atoms with Crippen molar-refractivity contribution in [3.05, 3.63) is 88.0 Å². The average molecular weight is 390 g/mol. The molecule has 6 nitrogen and oxygen atoms in total. The second-order valence-corrected chi connectivity index (χ2v) is 6.45. The Bertz CT molecular complexity index is 1150. The van der Waals surface area contributed by atoms with E-state index in [0.29, 0.717) is 35.7 Å². The van der Waals surface area contributed by atoms with Crippen LogP contribution < -0.4 is 10.3 Å². The van der Waals surface area contributed by atoms with Gasteiger partial charge in [-0.3, -0.25) is 9.20 Å². The van der Waals surface area contributed by atoms with E-state index >= 15 is 0 Å². The number of carboxylic acids is 1. The molecule has 1 aromatic carbocycles. The van der Waals surface area contributed by atoms with Crippen LogP contribution in [0.2, 0.25) is 0 Å². The number of para-hydroxylation sites is 1. The van der Waals surface area contributed by atoms with E-state index in [1.807, 2.05) is 37.3 Å². The minimum atomic E-state index is -1.09. The van der Waals surface area contributed by atoms with Crippen LogP contribution in [0.25, 0.3) is 17.8 Å². The van der Waals surface area contributed by atoms with E-state index < -0.39 is 5.97 Å². The number of rotatable bonds is 8. The fourth-order valence-corrected chi connectivity index (χ4v) is 3.01. The third-order valence-corrected chi connectivity index (χ3v) is 4.39. The predicted octanol–water partition coefficient (Wildman–Crippen LogP) is 4.08. The smallest absolute Gasteiger partial charge is 0.337 e. The number of hydrogen-bond acceptors (Lipinski definition) is 4. The number of carbonyl (C=O) groups is 1. The van der Waals surface area contributed by atoms with Gasteiger partial charge in [-0.1, -0.05) is 44.2 Å². The van der Waals surface area contributed by atoms with Gasteiger partial charge in [0.2, 0.25) is 0 Å². The van der Waals surface area contributed by atoms with Crippen molar-refractivity contribution >= 4 is 23.8 Å². The Labute approximate surface area is 168 Å². The summed E-state index contributed by atoms with van der Waals surface area (Å²) in [6.07, 6.45) is 7.96. The minimum Gasteiger partial charge on any atom is -0.489 e. The highest BCUT2D eigenvalue weighted by atomic mass is 16.5. The summed E-state index contributed by atoms with van der Waals surface area (Å²) in [7, 11) is 0. The molecule has 3 rings (SSSR count). The number of carboxylic acid groups (broad SMARTS) is 1. The number of hydrogen-bond donors (Lipinski definition) is 1. The minimum absolute atomic E-state index is 0.0421. The van der Waals surface area contributed by atoms with Gasteiger partial charge in [-0.15, -0.1) is 0 Å². The largest absolute Gasteiger partial charge is 0.489 e. The molecule has 3 aromatic rings. The maximum Gasteiger partial charge on any atom is 0.337 e. The van der Waals surface area contributed by atoms with Gasteiger partial charge in [0.15, 0.2) is 0 Å². The van der Waals surface area contributed by atoms with Crippen LogP contribution in [0.1, 0.15) is 40.5 Å². The molecular formula is C23H22N2O4. The predicted molar refractivity (Wildman–Crippen MR) is 113 cm³/mol. The van der Waals surface area contributed by atoms with E-state index in [2.05, 4.69) is 11.6 Å². The standard InChI is InChI=1S/C23H22N2O4/c1-3-7-18-19(12-10-16-8-5-6-9-20(16)29-14-4-2)24-21-13-11-17(23(27)28)15-25(21)22(18)26/h4-6,8-13,15H,2-3,7,14H2,1H3,(H,27,28). The number of nitrogens with zero attached hydrogens (tertiary/aromatic N) is 2. The fraction of sp³-hybridized carbons (Fsp3) is 0.174. The topological polar surface area (TPSA) is 80.9 Å². The average Bonchev–Trinajstić information content (AvgIpc) is 2.73.